The smallest absolute Gasteiger partial charge is 0.0839 e. The molecule has 0 spiro atoms. The first-order valence-electron chi connectivity index (χ1n) is 10.5. The Hall–Kier alpha value is -0.870. The Bertz CT molecular complexity index is 617. The lowest BCUT2D eigenvalue weighted by Gasteiger charge is -2.61. The van der Waals surface area contributed by atoms with E-state index in [9.17, 15) is 10.3 Å². The highest BCUT2D eigenvalue weighted by molar-refractivity contribution is 5.89. The quantitative estimate of drug-likeness (QED) is 0.435. The van der Waals surface area contributed by atoms with Crippen LogP contribution < -0.4 is 0 Å². The van der Waals surface area contributed by atoms with Crippen molar-refractivity contribution < 1.29 is 15.1 Å². The number of oxime groups is 1. The fraction of sp³-hybridized carbons (Fsp3) is 0.864. The summed E-state index contributed by atoms with van der Waals surface area (Å²) < 4.78 is 5.91. The molecule has 0 aromatic carbocycles. The molecule has 4 saturated carbocycles. The predicted octanol–water partition coefficient (Wildman–Crippen LogP) is 4.40. The molecule has 0 aromatic rings. The highest BCUT2D eigenvalue weighted by Gasteiger charge is 2.62. The van der Waals surface area contributed by atoms with E-state index in [1.54, 1.807) is 0 Å². The summed E-state index contributed by atoms with van der Waals surface area (Å²) in [7, 11) is 0. The van der Waals surface area contributed by atoms with Gasteiger partial charge in [0.25, 0.3) is 0 Å². The van der Waals surface area contributed by atoms with Crippen molar-refractivity contribution in [2.24, 2.45) is 39.7 Å². The summed E-state index contributed by atoms with van der Waals surface area (Å²) in [4.78, 5) is 0. The van der Waals surface area contributed by atoms with E-state index in [0.717, 1.165) is 31.4 Å². The molecule has 4 nitrogen and oxygen atoms in total. The van der Waals surface area contributed by atoms with E-state index < -0.39 is 0 Å². The molecule has 0 aliphatic heterocycles. The van der Waals surface area contributed by atoms with Gasteiger partial charge >= 0.3 is 0 Å². The Morgan fingerprint density at radius 1 is 1.27 bits per heavy atom. The summed E-state index contributed by atoms with van der Waals surface area (Å²) >= 11 is 0. The van der Waals surface area contributed by atoms with Crippen LogP contribution in [0.15, 0.2) is 17.3 Å². The van der Waals surface area contributed by atoms with Crippen molar-refractivity contribution in [3.8, 4) is 0 Å². The lowest BCUT2D eigenvalue weighted by molar-refractivity contribution is -0.146. The number of nitrogens with zero attached hydrogens (tertiary/aromatic N) is 1. The van der Waals surface area contributed by atoms with Crippen molar-refractivity contribution in [2.45, 2.75) is 77.9 Å². The molecule has 4 rings (SSSR count). The Labute approximate surface area is 157 Å². The maximum atomic E-state index is 10.6. The average Bonchev–Trinajstić information content (AvgIpc) is 2.90. The Morgan fingerprint density at radius 3 is 2.73 bits per heavy atom. The van der Waals surface area contributed by atoms with Crippen molar-refractivity contribution >= 4 is 5.71 Å². The molecule has 0 radical (unpaired) electrons. The van der Waals surface area contributed by atoms with Crippen LogP contribution in [0.1, 0.15) is 65.7 Å². The second-order valence-electron chi connectivity index (χ2n) is 9.86. The average molecular weight is 362 g/mol. The molecule has 4 aliphatic rings. The molecule has 0 heterocycles. The number of aliphatic hydroxyl groups excluding tert-OH is 1. The highest BCUT2D eigenvalue weighted by atomic mass is 16.5. The number of hydrogen-bond acceptors (Lipinski definition) is 4. The van der Waals surface area contributed by atoms with Gasteiger partial charge in [-0.15, -0.1) is 0 Å². The van der Waals surface area contributed by atoms with E-state index in [0.29, 0.717) is 30.3 Å². The molecule has 146 valence electrons. The third-order valence-electron chi connectivity index (χ3n) is 8.83. The van der Waals surface area contributed by atoms with E-state index in [1.807, 2.05) is 6.92 Å². The first kappa shape index (κ1) is 18.5. The van der Waals surface area contributed by atoms with Gasteiger partial charge in [0.15, 0.2) is 0 Å². The molecular weight excluding hydrogens is 326 g/mol. The van der Waals surface area contributed by atoms with Gasteiger partial charge in [0, 0.05) is 12.5 Å². The van der Waals surface area contributed by atoms with Gasteiger partial charge in [0.2, 0.25) is 0 Å². The third kappa shape index (κ3) is 2.44. The SMILES string of the molecule is C=C1CC[C@H]2[C@@H]3CC[C@H]4C[C@H](O)[C@@H](OCC)C[C@]4(C)[C@H]3/C(=N/O)C[C@]12C. The molecule has 4 heteroatoms. The molecule has 0 amide bonds. The first-order chi connectivity index (χ1) is 12.3. The zero-order valence-electron chi connectivity index (χ0n) is 16.6. The maximum Gasteiger partial charge on any atom is 0.0839 e. The van der Waals surface area contributed by atoms with Crippen LogP contribution in [0.25, 0.3) is 0 Å². The van der Waals surface area contributed by atoms with Gasteiger partial charge in [0.1, 0.15) is 0 Å². The molecule has 0 saturated heterocycles. The molecule has 26 heavy (non-hydrogen) atoms. The Balaban J connectivity index is 1.71. The second kappa shape index (κ2) is 6.34. The number of fused-ring (bicyclic) bond motifs is 5. The minimum atomic E-state index is -0.362. The van der Waals surface area contributed by atoms with Crippen LogP contribution in [0, 0.1) is 34.5 Å². The molecule has 0 aromatic heterocycles. The molecule has 0 unspecified atom stereocenters. The van der Waals surface area contributed by atoms with Gasteiger partial charge in [-0.25, -0.2) is 0 Å². The molecule has 8 atom stereocenters. The molecule has 2 N–H and O–H groups in total. The zero-order valence-corrected chi connectivity index (χ0v) is 16.6. The van der Waals surface area contributed by atoms with Crippen LogP contribution in [-0.4, -0.2) is 34.8 Å². The number of ether oxygens (including phenoxy) is 1. The van der Waals surface area contributed by atoms with Gasteiger partial charge in [-0.3, -0.25) is 0 Å². The van der Waals surface area contributed by atoms with E-state index in [2.05, 4.69) is 25.6 Å². The summed E-state index contributed by atoms with van der Waals surface area (Å²) in [6, 6.07) is 0. The van der Waals surface area contributed by atoms with Crippen LogP contribution >= 0.6 is 0 Å². The van der Waals surface area contributed by atoms with Crippen molar-refractivity contribution in [3.05, 3.63) is 12.2 Å². The second-order valence-corrected chi connectivity index (χ2v) is 9.86. The van der Waals surface area contributed by atoms with Gasteiger partial charge in [-0.05, 0) is 80.5 Å². The fourth-order valence-electron chi connectivity index (χ4n) is 7.49. The predicted molar refractivity (Wildman–Crippen MR) is 102 cm³/mol. The minimum Gasteiger partial charge on any atom is -0.411 e. The van der Waals surface area contributed by atoms with Crippen LogP contribution in [0.2, 0.25) is 0 Å². The van der Waals surface area contributed by atoms with Gasteiger partial charge in [-0.2, -0.15) is 0 Å². The minimum absolute atomic E-state index is 0.0504. The normalized spacial score (nSPS) is 52.5. The largest absolute Gasteiger partial charge is 0.411 e. The van der Waals surface area contributed by atoms with E-state index in [-0.39, 0.29) is 23.0 Å². The van der Waals surface area contributed by atoms with Crippen molar-refractivity contribution in [1.82, 2.24) is 0 Å². The van der Waals surface area contributed by atoms with Gasteiger partial charge in [-0.1, -0.05) is 31.2 Å². The van der Waals surface area contributed by atoms with Crippen molar-refractivity contribution in [1.29, 1.82) is 0 Å². The van der Waals surface area contributed by atoms with Crippen LogP contribution in [0.4, 0.5) is 0 Å². The molecular formula is C22H35NO3. The Kier molecular flexibility index (Phi) is 4.51. The standard InChI is InChI=1S/C22H35NO3/c1-5-26-19-12-22(4)14(10-18(19)24)7-8-15-16-9-6-13(2)21(16,3)11-17(23-25)20(15)22/h14-16,18-20,24-25H,2,5-12H2,1,3-4H3/b23-17+/t14-,15-,16-,18-,19-,20+,21+,22-/m0/s1. The highest BCUT2D eigenvalue weighted by Crippen LogP contribution is 2.66. The molecule has 4 fully saturated rings. The summed E-state index contributed by atoms with van der Waals surface area (Å²) in [5, 5.41) is 24.4. The fourth-order valence-corrected chi connectivity index (χ4v) is 7.49. The number of hydrogen-bond donors (Lipinski definition) is 2. The topological polar surface area (TPSA) is 62.0 Å². The van der Waals surface area contributed by atoms with Crippen molar-refractivity contribution in [3.63, 3.8) is 0 Å². The van der Waals surface area contributed by atoms with Crippen LogP contribution in [-0.2, 0) is 4.74 Å². The summed E-state index contributed by atoms with van der Waals surface area (Å²) in [6.45, 7) is 11.7. The first-order valence-corrected chi connectivity index (χ1v) is 10.5. The van der Waals surface area contributed by atoms with Crippen molar-refractivity contribution in [2.75, 3.05) is 6.61 Å². The van der Waals surface area contributed by atoms with Gasteiger partial charge < -0.3 is 15.1 Å². The van der Waals surface area contributed by atoms with E-state index in [1.165, 1.54) is 24.8 Å². The third-order valence-corrected chi connectivity index (χ3v) is 8.83. The Morgan fingerprint density at radius 2 is 2.04 bits per heavy atom. The van der Waals surface area contributed by atoms with Gasteiger partial charge in [0.05, 0.1) is 17.9 Å². The van der Waals surface area contributed by atoms with E-state index >= 15 is 0 Å². The number of allylic oxidation sites excluding steroid dienone is 1. The monoisotopic (exact) mass is 361 g/mol. The summed E-state index contributed by atoms with van der Waals surface area (Å²) in [5.41, 5.74) is 2.48. The number of rotatable bonds is 2. The van der Waals surface area contributed by atoms with Crippen LogP contribution in [0.5, 0.6) is 0 Å². The lowest BCUT2D eigenvalue weighted by Crippen LogP contribution is -2.59. The summed E-state index contributed by atoms with van der Waals surface area (Å²) in [6.07, 6.45) is 6.78. The zero-order chi connectivity index (χ0) is 18.7. The summed E-state index contributed by atoms with van der Waals surface area (Å²) in [5.74, 6) is 2.02. The number of aliphatic hydroxyl groups is 1. The lowest BCUT2D eigenvalue weighted by atomic mass is 9.44. The van der Waals surface area contributed by atoms with Crippen LogP contribution in [0.3, 0.4) is 0 Å². The maximum absolute atomic E-state index is 10.6. The molecule has 0 bridgehead atoms. The molecule has 4 aliphatic carbocycles. The van der Waals surface area contributed by atoms with E-state index in [4.69, 9.17) is 4.74 Å².